The molecule has 4 nitrogen and oxygen atoms in total. The summed E-state index contributed by atoms with van der Waals surface area (Å²) in [5, 5.41) is 2.85. The van der Waals surface area contributed by atoms with Crippen LogP contribution in [0.25, 0.3) is 11.0 Å². The average Bonchev–Trinajstić information content (AvgIpc) is 3.41. The minimum atomic E-state index is -4.55. The number of aromatic amines is 1. The fraction of sp³-hybridized carbons (Fsp3) is 0.167. The highest BCUT2D eigenvalue weighted by Gasteiger charge is 2.35. The van der Waals surface area contributed by atoms with Crippen LogP contribution in [0.2, 0.25) is 0 Å². The average molecular weight is 453 g/mol. The number of imidazole rings is 1. The molecule has 0 fully saturated rings. The summed E-state index contributed by atoms with van der Waals surface area (Å²) in [6, 6.07) is 21.7. The minimum absolute atomic E-state index is 0.110. The topological polar surface area (TPSA) is 57.8 Å². The number of nitrogens with zero attached hydrogens (tertiary/aromatic N) is 1. The number of fused-ring (bicyclic) bond motifs is 2. The number of hydrogen-bond donors (Lipinski definition) is 2. The zero-order chi connectivity index (χ0) is 22.3. The molecule has 3 aromatic carbocycles. The van der Waals surface area contributed by atoms with Gasteiger partial charge in [0.1, 0.15) is 0 Å². The standard InChI is InChI=1S/C24H18F3N3OS/c25-24(26,27)23-28-17-11-10-16(12-18(17)29-23)21(14-6-2-1-3-7-14)30-22(31)20-13-15-8-4-5-9-19(15)32-20/h1-12,20-21H,13H2,(H,28,29)(H,30,31)/t20-,21+/m1/s1. The highest BCUT2D eigenvalue weighted by atomic mass is 32.2. The largest absolute Gasteiger partial charge is 0.449 e. The van der Waals surface area contributed by atoms with Gasteiger partial charge in [-0.25, -0.2) is 4.98 Å². The van der Waals surface area contributed by atoms with Crippen molar-refractivity contribution in [3.63, 3.8) is 0 Å². The number of carbonyl (C=O) groups excluding carboxylic acids is 1. The third kappa shape index (κ3) is 3.98. The van der Waals surface area contributed by atoms with Crippen molar-refractivity contribution in [3.05, 3.63) is 95.3 Å². The number of H-pyrrole nitrogens is 1. The van der Waals surface area contributed by atoms with Gasteiger partial charge in [-0.05, 0) is 41.3 Å². The highest BCUT2D eigenvalue weighted by Crippen LogP contribution is 2.37. The molecular weight excluding hydrogens is 435 g/mol. The van der Waals surface area contributed by atoms with Crippen molar-refractivity contribution >= 4 is 28.7 Å². The number of nitrogens with one attached hydrogen (secondary N) is 2. The molecule has 2 N–H and O–H groups in total. The van der Waals surface area contributed by atoms with E-state index in [0.717, 1.165) is 16.0 Å². The Hall–Kier alpha value is -3.26. The lowest BCUT2D eigenvalue weighted by Crippen LogP contribution is -2.36. The van der Waals surface area contributed by atoms with E-state index < -0.39 is 18.0 Å². The monoisotopic (exact) mass is 453 g/mol. The SMILES string of the molecule is O=C(N[C@@H](c1ccccc1)c1ccc2nc(C(F)(F)F)[nH]c2c1)[C@H]1Cc2ccccc2S1. The van der Waals surface area contributed by atoms with E-state index in [2.05, 4.69) is 15.3 Å². The van der Waals surface area contributed by atoms with Crippen LogP contribution in [-0.2, 0) is 17.4 Å². The molecule has 0 saturated heterocycles. The second-order valence-corrected chi connectivity index (χ2v) is 8.87. The molecule has 0 unspecified atom stereocenters. The number of benzene rings is 3. The third-order valence-corrected chi connectivity index (χ3v) is 6.78. The second kappa shape index (κ2) is 8.02. The van der Waals surface area contributed by atoms with E-state index in [4.69, 9.17) is 0 Å². The maximum Gasteiger partial charge on any atom is 0.449 e. The molecule has 4 aromatic rings. The molecule has 0 radical (unpaired) electrons. The van der Waals surface area contributed by atoms with Crippen LogP contribution < -0.4 is 5.32 Å². The molecule has 8 heteroatoms. The molecule has 32 heavy (non-hydrogen) atoms. The third-order valence-electron chi connectivity index (χ3n) is 5.47. The highest BCUT2D eigenvalue weighted by molar-refractivity contribution is 8.01. The molecule has 2 atom stereocenters. The molecule has 1 aromatic heterocycles. The van der Waals surface area contributed by atoms with Crippen LogP contribution in [0.3, 0.4) is 0 Å². The first kappa shape index (κ1) is 20.6. The maximum absolute atomic E-state index is 13.2. The summed E-state index contributed by atoms with van der Waals surface area (Å²) in [4.78, 5) is 20.3. The fourth-order valence-electron chi connectivity index (χ4n) is 3.91. The Labute approximate surface area is 186 Å². The van der Waals surface area contributed by atoms with Crippen molar-refractivity contribution in [1.82, 2.24) is 15.3 Å². The van der Waals surface area contributed by atoms with Gasteiger partial charge in [0.2, 0.25) is 11.7 Å². The molecule has 5 rings (SSSR count). The van der Waals surface area contributed by atoms with Crippen molar-refractivity contribution in [2.75, 3.05) is 0 Å². The lowest BCUT2D eigenvalue weighted by molar-refractivity contribution is -0.144. The maximum atomic E-state index is 13.2. The summed E-state index contributed by atoms with van der Waals surface area (Å²) in [5.41, 5.74) is 3.16. The Morgan fingerprint density at radius 1 is 1.03 bits per heavy atom. The smallest absolute Gasteiger partial charge is 0.344 e. The van der Waals surface area contributed by atoms with Crippen LogP contribution >= 0.6 is 11.8 Å². The number of thioether (sulfide) groups is 1. The van der Waals surface area contributed by atoms with Gasteiger partial charge in [-0.15, -0.1) is 11.8 Å². The number of aromatic nitrogens is 2. The number of amides is 1. The van der Waals surface area contributed by atoms with Crippen molar-refractivity contribution in [2.24, 2.45) is 0 Å². The summed E-state index contributed by atoms with van der Waals surface area (Å²) in [6.45, 7) is 0. The summed E-state index contributed by atoms with van der Waals surface area (Å²) < 4.78 is 39.2. The number of rotatable bonds is 4. The fourth-order valence-corrected chi connectivity index (χ4v) is 5.11. The quantitative estimate of drug-likeness (QED) is 0.429. The first-order chi connectivity index (χ1) is 15.4. The summed E-state index contributed by atoms with van der Waals surface area (Å²) >= 11 is 1.53. The van der Waals surface area contributed by atoms with E-state index in [9.17, 15) is 18.0 Å². The molecule has 0 spiro atoms. The number of halogens is 3. The van der Waals surface area contributed by atoms with E-state index in [0.29, 0.717) is 12.0 Å². The molecular formula is C24H18F3N3OS. The van der Waals surface area contributed by atoms with Gasteiger partial charge in [-0.2, -0.15) is 13.2 Å². The normalized spacial score (nSPS) is 16.7. The van der Waals surface area contributed by atoms with E-state index in [1.807, 2.05) is 54.6 Å². The van der Waals surface area contributed by atoms with Crippen LogP contribution in [0.4, 0.5) is 13.2 Å². The Bertz CT molecular complexity index is 1260. The molecule has 0 saturated carbocycles. The second-order valence-electron chi connectivity index (χ2n) is 7.63. The lowest BCUT2D eigenvalue weighted by Gasteiger charge is -2.22. The van der Waals surface area contributed by atoms with Gasteiger partial charge in [0.05, 0.1) is 22.3 Å². The lowest BCUT2D eigenvalue weighted by atomic mass is 9.97. The van der Waals surface area contributed by atoms with Crippen molar-refractivity contribution in [1.29, 1.82) is 0 Å². The van der Waals surface area contributed by atoms with Gasteiger partial charge >= 0.3 is 6.18 Å². The van der Waals surface area contributed by atoms with E-state index in [1.54, 1.807) is 18.2 Å². The minimum Gasteiger partial charge on any atom is -0.344 e. The molecule has 1 aliphatic rings. The Morgan fingerprint density at radius 2 is 1.78 bits per heavy atom. The Morgan fingerprint density at radius 3 is 2.53 bits per heavy atom. The van der Waals surface area contributed by atoms with Crippen LogP contribution in [0, 0.1) is 0 Å². The van der Waals surface area contributed by atoms with E-state index >= 15 is 0 Å². The number of hydrogen-bond acceptors (Lipinski definition) is 3. The predicted molar refractivity (Wildman–Crippen MR) is 117 cm³/mol. The number of carbonyl (C=O) groups is 1. The molecule has 1 amide bonds. The summed E-state index contributed by atoms with van der Waals surface area (Å²) in [5.74, 6) is -1.15. The van der Waals surface area contributed by atoms with Crippen molar-refractivity contribution in [2.45, 2.75) is 28.8 Å². The first-order valence-corrected chi connectivity index (χ1v) is 10.9. The summed E-state index contributed by atoms with van der Waals surface area (Å²) in [6.07, 6.45) is -3.91. The van der Waals surface area contributed by atoms with Gasteiger partial charge in [0, 0.05) is 4.90 Å². The van der Waals surface area contributed by atoms with Gasteiger partial charge in [0.25, 0.3) is 0 Å². The molecule has 162 valence electrons. The molecule has 2 heterocycles. The van der Waals surface area contributed by atoms with Crippen LogP contribution in [-0.4, -0.2) is 21.1 Å². The predicted octanol–water partition coefficient (Wildman–Crippen LogP) is 5.50. The van der Waals surface area contributed by atoms with E-state index in [1.165, 1.54) is 11.8 Å². The van der Waals surface area contributed by atoms with Gasteiger partial charge in [-0.1, -0.05) is 54.6 Å². The zero-order valence-electron chi connectivity index (χ0n) is 16.7. The van der Waals surface area contributed by atoms with Gasteiger partial charge < -0.3 is 10.3 Å². The Kier molecular flexibility index (Phi) is 5.17. The van der Waals surface area contributed by atoms with Gasteiger partial charge in [0.15, 0.2) is 0 Å². The first-order valence-electron chi connectivity index (χ1n) is 10.1. The number of alkyl halides is 3. The van der Waals surface area contributed by atoms with Crippen LogP contribution in [0.5, 0.6) is 0 Å². The van der Waals surface area contributed by atoms with Crippen molar-refractivity contribution in [3.8, 4) is 0 Å². The zero-order valence-corrected chi connectivity index (χ0v) is 17.5. The van der Waals surface area contributed by atoms with Crippen LogP contribution in [0.15, 0.2) is 77.7 Å². The van der Waals surface area contributed by atoms with Crippen molar-refractivity contribution < 1.29 is 18.0 Å². The summed E-state index contributed by atoms with van der Waals surface area (Å²) in [7, 11) is 0. The molecule has 0 aliphatic carbocycles. The molecule has 1 aliphatic heterocycles. The van der Waals surface area contributed by atoms with E-state index in [-0.39, 0.29) is 22.2 Å². The molecule has 0 bridgehead atoms. The van der Waals surface area contributed by atoms with Gasteiger partial charge in [-0.3, -0.25) is 4.79 Å². The van der Waals surface area contributed by atoms with Crippen LogP contribution in [0.1, 0.15) is 28.6 Å². The Balaban J connectivity index is 1.46.